The normalized spacial score (nSPS) is 8.86. The van der Waals surface area contributed by atoms with Gasteiger partial charge in [-0.3, -0.25) is 4.98 Å². The van der Waals surface area contributed by atoms with Gasteiger partial charge in [0, 0.05) is 6.20 Å². The van der Waals surface area contributed by atoms with Gasteiger partial charge >= 0.3 is 37.7 Å². The molecule has 0 saturated heterocycles. The van der Waals surface area contributed by atoms with Crippen LogP contribution >= 0.6 is 0 Å². The van der Waals surface area contributed by atoms with Gasteiger partial charge in [0.1, 0.15) is 5.75 Å². The number of pyridine rings is 1. The fourth-order valence-corrected chi connectivity index (χ4v) is 0.808. The summed E-state index contributed by atoms with van der Waals surface area (Å²) in [4.78, 5) is 23.9. The van der Waals surface area contributed by atoms with Gasteiger partial charge in [-0.25, -0.2) is 0 Å². The standard InChI is InChI=1S/C7H5NO5.Ca/c9-3-1-2-8-5(7(12)13)4(3)6(10)11;/h1-2H,(H,8,9)(H,10,11)(H,12,13);/q;+2/p-2. The molecule has 1 N–H and O–H groups in total. The van der Waals surface area contributed by atoms with Crippen LogP contribution in [0.5, 0.6) is 5.75 Å². The molecular weight excluding hydrogens is 218 g/mol. The summed E-state index contributed by atoms with van der Waals surface area (Å²) >= 11 is 0. The Hall–Kier alpha value is -0.850. The number of rotatable bonds is 2. The van der Waals surface area contributed by atoms with Crippen LogP contribution in [0.25, 0.3) is 0 Å². The van der Waals surface area contributed by atoms with Crippen molar-refractivity contribution < 1.29 is 24.9 Å². The summed E-state index contributed by atoms with van der Waals surface area (Å²) in [7, 11) is 0. The maximum atomic E-state index is 10.3. The van der Waals surface area contributed by atoms with Gasteiger partial charge in [0.05, 0.1) is 23.2 Å². The molecule has 1 aromatic rings. The molecule has 1 rings (SSSR count). The molecule has 0 fully saturated rings. The molecule has 0 amide bonds. The Morgan fingerprint density at radius 1 is 1.29 bits per heavy atom. The van der Waals surface area contributed by atoms with E-state index in [1.165, 1.54) is 0 Å². The molecule has 14 heavy (non-hydrogen) atoms. The largest absolute Gasteiger partial charge is 2.00 e. The minimum Gasteiger partial charge on any atom is -0.545 e. The fraction of sp³-hybridized carbons (Fsp3) is 0. The van der Waals surface area contributed by atoms with E-state index in [4.69, 9.17) is 5.11 Å². The molecule has 0 radical (unpaired) electrons. The molecule has 0 saturated carbocycles. The molecule has 0 unspecified atom stereocenters. The number of carboxylic acids is 2. The monoisotopic (exact) mass is 221 g/mol. The van der Waals surface area contributed by atoms with Crippen LogP contribution in [0.4, 0.5) is 0 Å². The molecular formula is C7H3CaNO5. The van der Waals surface area contributed by atoms with Gasteiger partial charge in [0.25, 0.3) is 0 Å². The minimum absolute atomic E-state index is 0. The van der Waals surface area contributed by atoms with Crippen LogP contribution in [0.1, 0.15) is 20.8 Å². The maximum absolute atomic E-state index is 10.3. The van der Waals surface area contributed by atoms with E-state index < -0.39 is 28.9 Å². The quantitative estimate of drug-likeness (QED) is 0.537. The number of aromatic nitrogens is 1. The van der Waals surface area contributed by atoms with E-state index in [-0.39, 0.29) is 37.7 Å². The first-order chi connectivity index (χ1) is 6.04. The molecule has 0 atom stereocenters. The molecule has 0 aliphatic carbocycles. The van der Waals surface area contributed by atoms with Crippen molar-refractivity contribution in [3.8, 4) is 5.75 Å². The van der Waals surface area contributed by atoms with Crippen LogP contribution in [-0.4, -0.2) is 59.8 Å². The van der Waals surface area contributed by atoms with Gasteiger partial charge in [0.15, 0.2) is 0 Å². The summed E-state index contributed by atoms with van der Waals surface area (Å²) < 4.78 is 0. The zero-order valence-electron chi connectivity index (χ0n) is 6.89. The number of carbonyl (C=O) groups is 2. The average molecular weight is 221 g/mol. The van der Waals surface area contributed by atoms with Crippen LogP contribution in [0.3, 0.4) is 0 Å². The zero-order chi connectivity index (χ0) is 10.0. The number of hydrogen-bond acceptors (Lipinski definition) is 6. The summed E-state index contributed by atoms with van der Waals surface area (Å²) in [6.07, 6.45) is 0.951. The minimum atomic E-state index is -1.81. The third-order valence-corrected chi connectivity index (χ3v) is 1.33. The first-order valence-corrected chi connectivity index (χ1v) is 3.14. The average Bonchev–Trinajstić information content (AvgIpc) is 2.02. The van der Waals surface area contributed by atoms with Crippen molar-refractivity contribution in [3.63, 3.8) is 0 Å². The number of aromatic carboxylic acids is 2. The second kappa shape index (κ2) is 5.14. The van der Waals surface area contributed by atoms with E-state index in [1.807, 2.05) is 0 Å². The second-order valence-corrected chi connectivity index (χ2v) is 2.13. The van der Waals surface area contributed by atoms with Crippen molar-refractivity contribution in [1.82, 2.24) is 4.98 Å². The van der Waals surface area contributed by atoms with Gasteiger partial charge in [-0.1, -0.05) is 0 Å². The summed E-state index contributed by atoms with van der Waals surface area (Å²) in [5.41, 5.74) is -1.72. The number of carbonyl (C=O) groups excluding carboxylic acids is 2. The molecule has 1 heterocycles. The van der Waals surface area contributed by atoms with Crippen LogP contribution in [-0.2, 0) is 0 Å². The topological polar surface area (TPSA) is 113 Å². The Balaban J connectivity index is 0.00000169. The number of hydrogen-bond donors (Lipinski definition) is 1. The summed E-state index contributed by atoms with van der Waals surface area (Å²) in [5.74, 6) is -4.31. The van der Waals surface area contributed by atoms with Crippen LogP contribution in [0, 0.1) is 0 Å². The second-order valence-electron chi connectivity index (χ2n) is 2.13. The summed E-state index contributed by atoms with van der Waals surface area (Å²) in [5, 5.41) is 29.6. The number of aromatic hydroxyl groups is 1. The smallest absolute Gasteiger partial charge is 0.545 e. The molecule has 0 aliphatic rings. The third kappa shape index (κ3) is 2.57. The van der Waals surface area contributed by atoms with Crippen LogP contribution < -0.4 is 10.2 Å². The molecule has 0 aromatic carbocycles. The van der Waals surface area contributed by atoms with Gasteiger partial charge in [-0.15, -0.1) is 0 Å². The van der Waals surface area contributed by atoms with E-state index in [9.17, 15) is 19.8 Å². The van der Waals surface area contributed by atoms with E-state index in [1.54, 1.807) is 0 Å². The van der Waals surface area contributed by atoms with E-state index in [0.717, 1.165) is 12.3 Å². The molecule has 1 aromatic heterocycles. The maximum Gasteiger partial charge on any atom is 2.00 e. The van der Waals surface area contributed by atoms with Crippen molar-refractivity contribution in [2.75, 3.05) is 0 Å². The predicted molar refractivity (Wildman–Crippen MR) is 40.3 cm³/mol. The Kier molecular flexibility index (Phi) is 4.82. The summed E-state index contributed by atoms with van der Waals surface area (Å²) in [6, 6.07) is 0.942. The van der Waals surface area contributed by atoms with Crippen molar-refractivity contribution in [1.29, 1.82) is 0 Å². The molecule has 6 nitrogen and oxygen atoms in total. The van der Waals surface area contributed by atoms with Crippen LogP contribution in [0.15, 0.2) is 12.3 Å². The van der Waals surface area contributed by atoms with Gasteiger partial charge < -0.3 is 24.9 Å². The van der Waals surface area contributed by atoms with E-state index in [0.29, 0.717) is 0 Å². The fourth-order valence-electron chi connectivity index (χ4n) is 0.808. The van der Waals surface area contributed by atoms with Crippen molar-refractivity contribution in [3.05, 3.63) is 23.5 Å². The van der Waals surface area contributed by atoms with Crippen LogP contribution in [0.2, 0.25) is 0 Å². The zero-order valence-corrected chi connectivity index (χ0v) is 9.10. The molecule has 0 aliphatic heterocycles. The predicted octanol–water partition coefficient (Wildman–Crippen LogP) is -2.87. The van der Waals surface area contributed by atoms with Crippen molar-refractivity contribution in [2.24, 2.45) is 0 Å². The summed E-state index contributed by atoms with van der Waals surface area (Å²) in [6.45, 7) is 0. The molecule has 0 bridgehead atoms. The van der Waals surface area contributed by atoms with Crippen molar-refractivity contribution >= 4 is 49.7 Å². The number of carboxylic acid groups (broad SMARTS) is 2. The molecule has 68 valence electrons. The first kappa shape index (κ1) is 13.1. The number of nitrogens with zero attached hydrogens (tertiary/aromatic N) is 1. The van der Waals surface area contributed by atoms with E-state index in [2.05, 4.69) is 4.98 Å². The van der Waals surface area contributed by atoms with Gasteiger partial charge in [-0.05, 0) is 6.07 Å². The SMILES string of the molecule is O=C([O-])c1nccc(O)c1C(=O)[O-].[Ca+2]. The van der Waals surface area contributed by atoms with Gasteiger partial charge in [-0.2, -0.15) is 0 Å². The third-order valence-electron chi connectivity index (χ3n) is 1.33. The van der Waals surface area contributed by atoms with E-state index >= 15 is 0 Å². The Bertz CT molecular complexity index is 378. The first-order valence-electron chi connectivity index (χ1n) is 3.14. The molecule has 7 heteroatoms. The Labute approximate surface area is 108 Å². The van der Waals surface area contributed by atoms with Crippen molar-refractivity contribution in [2.45, 2.75) is 0 Å². The molecule has 0 spiro atoms. The Morgan fingerprint density at radius 3 is 2.21 bits per heavy atom. The Morgan fingerprint density at radius 2 is 1.86 bits per heavy atom. The van der Waals surface area contributed by atoms with Gasteiger partial charge in [0.2, 0.25) is 0 Å².